The molecule has 1 aliphatic heterocycles. The van der Waals surface area contributed by atoms with Crippen molar-refractivity contribution in [1.29, 1.82) is 0 Å². The van der Waals surface area contributed by atoms with E-state index in [1.807, 2.05) is 18.2 Å². The van der Waals surface area contributed by atoms with Crippen LogP contribution in [0.5, 0.6) is 0 Å². The summed E-state index contributed by atoms with van der Waals surface area (Å²) in [5, 5.41) is 5.59. The highest BCUT2D eigenvalue weighted by atomic mass is 31.2. The predicted octanol–water partition coefficient (Wildman–Crippen LogP) is -0.0825. The highest BCUT2D eigenvalue weighted by Crippen LogP contribution is 2.35. The molecule has 4 N–H and O–H groups in total. The first-order valence-electron chi connectivity index (χ1n) is 10.1. The minimum Gasteiger partial charge on any atom is -0.363 e. The van der Waals surface area contributed by atoms with Gasteiger partial charge in [-0.05, 0) is 0 Å². The molecule has 1 aliphatic rings. The van der Waals surface area contributed by atoms with E-state index in [2.05, 4.69) is 20.6 Å². The number of hydrogen-bond donors (Lipinski definition) is 4. The summed E-state index contributed by atoms with van der Waals surface area (Å²) in [4.78, 5) is 56.9. The van der Waals surface area contributed by atoms with E-state index in [-0.39, 0.29) is 5.69 Å². The minimum absolute atomic E-state index is 0.00799. The average Bonchev–Trinajstić information content (AvgIpc) is 2.78. The van der Waals surface area contributed by atoms with E-state index in [9.17, 15) is 23.9 Å². The van der Waals surface area contributed by atoms with Crippen LogP contribution in [0.2, 0.25) is 0 Å². The van der Waals surface area contributed by atoms with Gasteiger partial charge in [-0.2, -0.15) is 0 Å². The Balaban J connectivity index is 1.90. The quantitative estimate of drug-likeness (QED) is 0.415. The van der Waals surface area contributed by atoms with E-state index in [0.29, 0.717) is 43.4 Å². The van der Waals surface area contributed by atoms with Crippen molar-refractivity contribution in [3.63, 3.8) is 0 Å². The fourth-order valence-electron chi connectivity index (χ4n) is 3.26. The molecule has 1 unspecified atom stereocenters. The zero-order valence-corrected chi connectivity index (χ0v) is 18.8. The largest absolute Gasteiger partial charge is 0.363 e. The number of carbonyl (C=O) groups excluding carboxylic acids is 2. The summed E-state index contributed by atoms with van der Waals surface area (Å²) in [6.07, 6.45) is -0.793. The van der Waals surface area contributed by atoms with Crippen molar-refractivity contribution in [3.05, 3.63) is 42.1 Å². The summed E-state index contributed by atoms with van der Waals surface area (Å²) in [7, 11) is -1.04. The summed E-state index contributed by atoms with van der Waals surface area (Å²) in [6.45, 7) is 1.92. The maximum Gasteiger partial charge on any atom is 0.328 e. The number of rotatable bonds is 7. The molecular formula is C20H27N6O5P. The second-order valence-electron chi connectivity index (χ2n) is 7.64. The van der Waals surface area contributed by atoms with E-state index in [1.165, 1.54) is 11.0 Å². The molecule has 1 saturated heterocycles. The third-order valence-corrected chi connectivity index (χ3v) is 5.73. The summed E-state index contributed by atoms with van der Waals surface area (Å²) in [5.74, 6) is -0.450. The molecule has 0 spiro atoms. The second kappa shape index (κ2) is 10.2. The molecular weight excluding hydrogens is 435 g/mol. The lowest BCUT2D eigenvalue weighted by Crippen LogP contribution is -2.55. The van der Waals surface area contributed by atoms with Gasteiger partial charge >= 0.3 is 7.60 Å². The molecule has 0 radical (unpaired) electrons. The third-order valence-electron chi connectivity index (χ3n) is 4.89. The number of nitrogens with zero attached hydrogens (tertiary/aromatic N) is 4. The topological polar surface area (TPSA) is 148 Å². The first-order valence-corrected chi connectivity index (χ1v) is 11.9. The van der Waals surface area contributed by atoms with Gasteiger partial charge in [0.2, 0.25) is 5.91 Å². The third kappa shape index (κ3) is 6.33. The fourth-order valence-corrected chi connectivity index (χ4v) is 3.98. The van der Waals surface area contributed by atoms with Gasteiger partial charge < -0.3 is 30.2 Å². The monoisotopic (exact) mass is 462 g/mol. The van der Waals surface area contributed by atoms with Crippen molar-refractivity contribution in [3.8, 4) is 11.4 Å². The van der Waals surface area contributed by atoms with Crippen molar-refractivity contribution >= 4 is 25.2 Å². The number of benzene rings is 1. The van der Waals surface area contributed by atoms with E-state index in [4.69, 9.17) is 0 Å². The van der Waals surface area contributed by atoms with Gasteiger partial charge in [0.05, 0.1) is 6.16 Å². The normalized spacial score (nSPS) is 15.2. The van der Waals surface area contributed by atoms with Crippen LogP contribution >= 0.6 is 7.60 Å². The summed E-state index contributed by atoms with van der Waals surface area (Å²) >= 11 is 0. The summed E-state index contributed by atoms with van der Waals surface area (Å²) < 4.78 is 11.7. The van der Waals surface area contributed by atoms with Gasteiger partial charge in [0.1, 0.15) is 17.6 Å². The number of carbonyl (C=O) groups is 2. The maximum absolute atomic E-state index is 13.0. The van der Waals surface area contributed by atoms with Gasteiger partial charge in [-0.25, -0.2) is 9.97 Å². The Labute approximate surface area is 186 Å². The van der Waals surface area contributed by atoms with Gasteiger partial charge in [-0.1, -0.05) is 30.3 Å². The van der Waals surface area contributed by atoms with Crippen LogP contribution in [0, 0.1) is 0 Å². The Hall–Kier alpha value is -2.85. The molecule has 3 rings (SSSR count). The predicted molar refractivity (Wildman–Crippen MR) is 119 cm³/mol. The lowest BCUT2D eigenvalue weighted by Gasteiger charge is -2.31. The Morgan fingerprint density at radius 1 is 1.19 bits per heavy atom. The van der Waals surface area contributed by atoms with Crippen LogP contribution < -0.4 is 15.5 Å². The number of aromatic nitrogens is 2. The molecule has 1 aromatic carbocycles. The van der Waals surface area contributed by atoms with Crippen molar-refractivity contribution in [1.82, 2.24) is 25.5 Å². The van der Waals surface area contributed by atoms with E-state index in [1.54, 1.807) is 31.1 Å². The standard InChI is InChI=1S/C20H27N6O5P/c1-25(2)17-12-15(22-18(24-17)14-6-4-3-5-7-14)19(27)23-16(13-32(29,30)31)20(28)26-10-8-21-9-11-26/h3-7,12,16,21H,8-11,13H2,1-2H3,(H,23,27)(H2,29,30,31). The smallest absolute Gasteiger partial charge is 0.328 e. The molecule has 1 atom stereocenters. The van der Waals surface area contributed by atoms with Crippen LogP contribution in [0.4, 0.5) is 5.82 Å². The Kier molecular flexibility index (Phi) is 7.57. The van der Waals surface area contributed by atoms with Crippen LogP contribution in [0.25, 0.3) is 11.4 Å². The lowest BCUT2D eigenvalue weighted by molar-refractivity contribution is -0.133. The van der Waals surface area contributed by atoms with Gasteiger partial charge in [0.15, 0.2) is 5.82 Å². The fraction of sp³-hybridized carbons (Fsp3) is 0.400. The summed E-state index contributed by atoms with van der Waals surface area (Å²) in [5.41, 5.74) is 0.695. The molecule has 12 heteroatoms. The van der Waals surface area contributed by atoms with E-state index >= 15 is 0 Å². The zero-order valence-electron chi connectivity index (χ0n) is 17.9. The Bertz CT molecular complexity index is 1010. The Morgan fingerprint density at radius 3 is 2.44 bits per heavy atom. The molecule has 2 aromatic rings. The highest BCUT2D eigenvalue weighted by Gasteiger charge is 2.33. The average molecular weight is 462 g/mol. The van der Waals surface area contributed by atoms with Crippen LogP contribution in [-0.4, -0.2) is 88.9 Å². The molecule has 11 nitrogen and oxygen atoms in total. The Morgan fingerprint density at radius 2 is 1.84 bits per heavy atom. The number of piperazine rings is 1. The number of amides is 2. The maximum atomic E-state index is 13.0. The van der Waals surface area contributed by atoms with Crippen molar-refractivity contribution < 1.29 is 23.9 Å². The lowest BCUT2D eigenvalue weighted by atomic mass is 10.2. The minimum atomic E-state index is -4.58. The highest BCUT2D eigenvalue weighted by molar-refractivity contribution is 7.51. The number of nitrogens with one attached hydrogen (secondary N) is 2. The molecule has 1 fully saturated rings. The zero-order chi connectivity index (χ0) is 23.3. The van der Waals surface area contributed by atoms with Crippen LogP contribution in [-0.2, 0) is 9.36 Å². The second-order valence-corrected chi connectivity index (χ2v) is 9.34. The van der Waals surface area contributed by atoms with Crippen molar-refractivity contribution in [2.24, 2.45) is 0 Å². The van der Waals surface area contributed by atoms with E-state index < -0.39 is 31.6 Å². The van der Waals surface area contributed by atoms with Crippen LogP contribution in [0.1, 0.15) is 10.5 Å². The van der Waals surface area contributed by atoms with Gasteiger partial charge in [0, 0.05) is 51.9 Å². The van der Waals surface area contributed by atoms with Crippen molar-refractivity contribution in [2.45, 2.75) is 6.04 Å². The molecule has 0 bridgehead atoms. The van der Waals surface area contributed by atoms with Crippen LogP contribution in [0.3, 0.4) is 0 Å². The van der Waals surface area contributed by atoms with Crippen LogP contribution in [0.15, 0.2) is 36.4 Å². The molecule has 0 aliphatic carbocycles. The SMILES string of the molecule is CN(C)c1cc(C(=O)NC(CP(=O)(O)O)C(=O)N2CCNCC2)nc(-c2ccccc2)n1. The van der Waals surface area contributed by atoms with Gasteiger partial charge in [-0.15, -0.1) is 0 Å². The molecule has 1 aromatic heterocycles. The molecule has 172 valence electrons. The number of anilines is 1. The first kappa shape index (κ1) is 23.8. The molecule has 32 heavy (non-hydrogen) atoms. The van der Waals surface area contributed by atoms with Crippen molar-refractivity contribution in [2.75, 3.05) is 51.3 Å². The number of hydrogen-bond acceptors (Lipinski definition) is 7. The van der Waals surface area contributed by atoms with Gasteiger partial charge in [0.25, 0.3) is 5.91 Å². The molecule has 2 heterocycles. The summed E-state index contributed by atoms with van der Waals surface area (Å²) in [6, 6.07) is 9.19. The van der Waals surface area contributed by atoms with E-state index in [0.717, 1.165) is 0 Å². The molecule has 2 amide bonds. The van der Waals surface area contributed by atoms with Gasteiger partial charge in [-0.3, -0.25) is 14.2 Å². The first-order chi connectivity index (χ1) is 15.1. The molecule has 0 saturated carbocycles.